The predicted molar refractivity (Wildman–Crippen MR) is 79.6 cm³/mol. The molecule has 0 bridgehead atoms. The molecule has 1 atom stereocenters. The zero-order valence-electron chi connectivity index (χ0n) is 11.1. The summed E-state index contributed by atoms with van der Waals surface area (Å²) < 4.78 is -0.394. The van der Waals surface area contributed by atoms with Gasteiger partial charge in [-0.1, -0.05) is 6.07 Å². The quantitative estimate of drug-likeness (QED) is 0.833. The highest BCUT2D eigenvalue weighted by Crippen LogP contribution is 2.38. The van der Waals surface area contributed by atoms with Gasteiger partial charge in [-0.3, -0.25) is 4.79 Å². The Bertz CT molecular complexity index is 551. The minimum absolute atomic E-state index is 0.0492. The van der Waals surface area contributed by atoms with Gasteiger partial charge >= 0.3 is 5.97 Å². The van der Waals surface area contributed by atoms with E-state index in [1.54, 1.807) is 30.0 Å². The van der Waals surface area contributed by atoms with Crippen LogP contribution in [0.4, 0.5) is 5.82 Å². The number of hydrogen-bond acceptors (Lipinski definition) is 4. The summed E-state index contributed by atoms with van der Waals surface area (Å²) in [7, 11) is 0. The summed E-state index contributed by atoms with van der Waals surface area (Å²) in [6.45, 7) is 1.94. The summed E-state index contributed by atoms with van der Waals surface area (Å²) in [4.78, 5) is 26.9. The smallest absolute Gasteiger partial charge is 0.328 e. The van der Waals surface area contributed by atoms with Gasteiger partial charge in [0.25, 0.3) is 0 Å². The molecule has 0 saturated carbocycles. The summed E-state index contributed by atoms with van der Waals surface area (Å²) in [5.41, 5.74) is 0.495. The number of rotatable bonds is 4. The molecule has 0 spiro atoms. The van der Waals surface area contributed by atoms with Crippen molar-refractivity contribution in [3.63, 3.8) is 0 Å². The molecule has 2 N–H and O–H groups in total. The lowest BCUT2D eigenvalue weighted by atomic mass is 10.1. The second-order valence-electron chi connectivity index (χ2n) is 4.76. The number of nitrogens with zero attached hydrogens (tertiary/aromatic N) is 1. The number of carboxylic acid groups (broad SMARTS) is 1. The molecule has 1 aromatic heterocycles. The van der Waals surface area contributed by atoms with Crippen molar-refractivity contribution in [1.82, 2.24) is 4.98 Å². The van der Waals surface area contributed by atoms with Crippen LogP contribution in [0.1, 0.15) is 25.5 Å². The van der Waals surface area contributed by atoms with Gasteiger partial charge < -0.3 is 10.4 Å². The van der Waals surface area contributed by atoms with Gasteiger partial charge in [0.05, 0.1) is 10.4 Å². The van der Waals surface area contributed by atoms with Gasteiger partial charge in [0, 0.05) is 6.08 Å². The fourth-order valence-corrected chi connectivity index (χ4v) is 3.19. The lowest BCUT2D eigenvalue weighted by Crippen LogP contribution is -2.34. The van der Waals surface area contributed by atoms with Crippen molar-refractivity contribution >= 4 is 35.5 Å². The molecule has 1 aromatic rings. The first-order valence-electron chi connectivity index (χ1n) is 6.33. The highest BCUT2D eigenvalue weighted by Gasteiger charge is 2.37. The molecular weight excluding hydrogens is 276 g/mol. The number of pyridine rings is 1. The molecule has 1 aliphatic rings. The molecule has 20 heavy (non-hydrogen) atoms. The summed E-state index contributed by atoms with van der Waals surface area (Å²) in [6, 6.07) is 5.11. The van der Waals surface area contributed by atoms with Crippen LogP contribution < -0.4 is 5.32 Å². The van der Waals surface area contributed by atoms with E-state index >= 15 is 0 Å². The monoisotopic (exact) mass is 292 g/mol. The van der Waals surface area contributed by atoms with Crippen LogP contribution in [0.25, 0.3) is 6.08 Å². The third-order valence-electron chi connectivity index (χ3n) is 3.11. The number of nitrogens with one attached hydrogen (secondary N) is 1. The molecule has 1 amide bonds. The number of thioether (sulfide) groups is 1. The van der Waals surface area contributed by atoms with Gasteiger partial charge in [-0.25, -0.2) is 9.78 Å². The van der Waals surface area contributed by atoms with Crippen LogP contribution in [0.15, 0.2) is 24.3 Å². The van der Waals surface area contributed by atoms with Crippen LogP contribution in [0.2, 0.25) is 0 Å². The Balaban J connectivity index is 2.08. The van der Waals surface area contributed by atoms with Crippen molar-refractivity contribution in [1.29, 1.82) is 0 Å². The molecule has 1 aliphatic heterocycles. The number of aromatic nitrogens is 1. The Morgan fingerprint density at radius 1 is 1.50 bits per heavy atom. The molecule has 0 aromatic carbocycles. The van der Waals surface area contributed by atoms with Gasteiger partial charge in [0.2, 0.25) is 5.91 Å². The molecular formula is C14H16N2O3S. The highest BCUT2D eigenvalue weighted by atomic mass is 32.2. The molecule has 0 radical (unpaired) electrons. The van der Waals surface area contributed by atoms with Crippen molar-refractivity contribution < 1.29 is 14.7 Å². The molecule has 1 unspecified atom stereocenters. The van der Waals surface area contributed by atoms with E-state index in [4.69, 9.17) is 5.11 Å². The first-order chi connectivity index (χ1) is 9.49. The summed E-state index contributed by atoms with van der Waals surface area (Å²) in [5, 5.41) is 11.4. The average Bonchev–Trinajstić information content (AvgIpc) is 2.85. The lowest BCUT2D eigenvalue weighted by molar-refractivity contribution is -0.131. The maximum Gasteiger partial charge on any atom is 0.328 e. The SMILES string of the molecule is CC1(C(=O)Nc2cccc(/C=C/C(=O)O)n2)CCCS1. The van der Waals surface area contributed by atoms with E-state index in [9.17, 15) is 9.59 Å². The Morgan fingerprint density at radius 3 is 2.95 bits per heavy atom. The Hall–Kier alpha value is -1.82. The predicted octanol–water partition coefficient (Wildman–Crippen LogP) is 2.40. The van der Waals surface area contributed by atoms with Crippen LogP contribution in [0.3, 0.4) is 0 Å². The minimum atomic E-state index is -1.03. The van der Waals surface area contributed by atoms with E-state index in [2.05, 4.69) is 10.3 Å². The molecule has 2 heterocycles. The van der Waals surface area contributed by atoms with E-state index in [1.807, 2.05) is 6.92 Å². The summed E-state index contributed by atoms with van der Waals surface area (Å²) in [6.07, 6.45) is 4.32. The fourth-order valence-electron chi connectivity index (χ4n) is 1.98. The topological polar surface area (TPSA) is 79.3 Å². The molecule has 0 aliphatic carbocycles. The van der Waals surface area contributed by atoms with Crippen molar-refractivity contribution in [2.45, 2.75) is 24.5 Å². The molecule has 5 nitrogen and oxygen atoms in total. The van der Waals surface area contributed by atoms with Crippen molar-refractivity contribution in [2.75, 3.05) is 11.1 Å². The number of carboxylic acids is 1. The van der Waals surface area contributed by atoms with Crippen molar-refractivity contribution in [2.24, 2.45) is 0 Å². The van der Waals surface area contributed by atoms with Crippen LogP contribution in [0, 0.1) is 0 Å². The van der Waals surface area contributed by atoms with E-state index in [0.29, 0.717) is 11.5 Å². The van der Waals surface area contributed by atoms with E-state index < -0.39 is 10.7 Å². The zero-order chi connectivity index (χ0) is 14.6. The van der Waals surface area contributed by atoms with Crippen LogP contribution in [-0.2, 0) is 9.59 Å². The average molecular weight is 292 g/mol. The van der Waals surface area contributed by atoms with Crippen molar-refractivity contribution in [3.05, 3.63) is 30.0 Å². The van der Waals surface area contributed by atoms with Crippen LogP contribution in [0.5, 0.6) is 0 Å². The third-order valence-corrected chi connectivity index (χ3v) is 4.63. The molecule has 1 fully saturated rings. The summed E-state index contributed by atoms with van der Waals surface area (Å²) >= 11 is 1.66. The maximum atomic E-state index is 12.2. The maximum absolute atomic E-state index is 12.2. The third kappa shape index (κ3) is 3.60. The number of hydrogen-bond donors (Lipinski definition) is 2. The van der Waals surface area contributed by atoms with E-state index in [0.717, 1.165) is 24.7 Å². The van der Waals surface area contributed by atoms with E-state index in [-0.39, 0.29) is 5.91 Å². The van der Waals surface area contributed by atoms with Gasteiger partial charge in [0.1, 0.15) is 5.82 Å². The lowest BCUT2D eigenvalue weighted by Gasteiger charge is -2.21. The number of aliphatic carboxylic acids is 1. The molecule has 1 saturated heterocycles. The fraction of sp³-hybridized carbons (Fsp3) is 0.357. The molecule has 2 rings (SSSR count). The normalized spacial score (nSPS) is 22.1. The number of anilines is 1. The Labute approximate surface area is 121 Å². The van der Waals surface area contributed by atoms with Gasteiger partial charge in [-0.15, -0.1) is 11.8 Å². The summed E-state index contributed by atoms with van der Waals surface area (Å²) in [5.74, 6) is 0.359. The second-order valence-corrected chi connectivity index (χ2v) is 6.35. The van der Waals surface area contributed by atoms with Gasteiger partial charge in [-0.05, 0) is 43.7 Å². The second kappa shape index (κ2) is 6.09. The molecule has 6 heteroatoms. The minimum Gasteiger partial charge on any atom is -0.478 e. The van der Waals surface area contributed by atoms with Gasteiger partial charge in [-0.2, -0.15) is 0 Å². The Kier molecular flexibility index (Phi) is 4.44. The van der Waals surface area contributed by atoms with Crippen LogP contribution >= 0.6 is 11.8 Å². The van der Waals surface area contributed by atoms with Crippen molar-refractivity contribution in [3.8, 4) is 0 Å². The van der Waals surface area contributed by atoms with Crippen LogP contribution in [-0.4, -0.2) is 32.5 Å². The molecule has 106 valence electrons. The number of carbonyl (C=O) groups excluding carboxylic acids is 1. The Morgan fingerprint density at radius 2 is 2.30 bits per heavy atom. The number of amides is 1. The largest absolute Gasteiger partial charge is 0.478 e. The van der Waals surface area contributed by atoms with Gasteiger partial charge in [0.15, 0.2) is 0 Å². The first kappa shape index (κ1) is 14.6. The number of carbonyl (C=O) groups is 2. The standard InChI is InChI=1S/C14H16N2O3S/c1-14(8-3-9-20-14)13(19)16-11-5-2-4-10(15-11)6-7-12(17)18/h2,4-7H,3,8-9H2,1H3,(H,17,18)(H,15,16,19)/b7-6+. The zero-order valence-corrected chi connectivity index (χ0v) is 11.9. The highest BCUT2D eigenvalue weighted by molar-refractivity contribution is 8.01. The first-order valence-corrected chi connectivity index (χ1v) is 7.32. The van der Waals surface area contributed by atoms with E-state index in [1.165, 1.54) is 6.08 Å².